The number of aliphatic hydroxyl groups excluding tert-OH is 1. The molecule has 0 spiro atoms. The van der Waals surface area contributed by atoms with Crippen LogP contribution in [0, 0.1) is 0 Å². The van der Waals surface area contributed by atoms with Crippen LogP contribution in [0.1, 0.15) is 25.7 Å². The predicted molar refractivity (Wildman–Crippen MR) is 44.7 cm³/mol. The third-order valence-electron chi connectivity index (χ3n) is 2.52. The van der Waals surface area contributed by atoms with Gasteiger partial charge in [0.2, 0.25) is 0 Å². The van der Waals surface area contributed by atoms with Gasteiger partial charge in [0.1, 0.15) is 12.1 Å². The Bertz CT molecular complexity index is 131. The van der Waals surface area contributed by atoms with Crippen molar-refractivity contribution in [2.45, 2.75) is 37.8 Å². The summed E-state index contributed by atoms with van der Waals surface area (Å²) in [7, 11) is 3.67. The SMILES string of the molecule is C[N+](C)([NH-])[C@@H]1CCCC[C@H]1O. The Balaban J connectivity index is 2.55. The highest BCUT2D eigenvalue weighted by Crippen LogP contribution is 2.25. The van der Waals surface area contributed by atoms with Crippen molar-refractivity contribution in [2.75, 3.05) is 14.1 Å². The lowest BCUT2D eigenvalue weighted by atomic mass is 9.91. The van der Waals surface area contributed by atoms with Gasteiger partial charge in [-0.3, -0.25) is 0 Å². The summed E-state index contributed by atoms with van der Waals surface area (Å²) in [5.41, 5.74) is 0. The number of likely N-dealkylation sites (N-methyl/N-ethyl adjacent to an activating group) is 1. The van der Waals surface area contributed by atoms with E-state index < -0.39 is 0 Å². The predicted octanol–water partition coefficient (Wildman–Crippen LogP) is 1.33. The lowest BCUT2D eigenvalue weighted by Gasteiger charge is -2.45. The first-order chi connectivity index (χ1) is 5.02. The van der Waals surface area contributed by atoms with Gasteiger partial charge < -0.3 is 15.5 Å². The summed E-state index contributed by atoms with van der Waals surface area (Å²) in [6.45, 7) is 0. The second-order valence-corrected chi connectivity index (χ2v) is 3.96. The second-order valence-electron chi connectivity index (χ2n) is 3.96. The average molecular weight is 158 g/mol. The van der Waals surface area contributed by atoms with Crippen LogP contribution < -0.4 is 0 Å². The summed E-state index contributed by atoms with van der Waals surface area (Å²) in [4.78, 5) is 0. The van der Waals surface area contributed by atoms with E-state index in [1.807, 2.05) is 14.1 Å². The molecule has 0 saturated heterocycles. The minimum atomic E-state index is -0.253. The van der Waals surface area contributed by atoms with Crippen LogP contribution in [0.2, 0.25) is 0 Å². The molecule has 66 valence electrons. The van der Waals surface area contributed by atoms with Gasteiger partial charge in [0.05, 0.1) is 14.1 Å². The normalized spacial score (nSPS) is 33.8. The molecule has 0 radical (unpaired) electrons. The standard InChI is InChI=1S/C8H18N2O/c1-10(2,9)7-5-3-4-6-8(7)11/h7-9,11H,3-6H2,1-2H3/t7-,8-/m1/s1. The van der Waals surface area contributed by atoms with Gasteiger partial charge in [-0.25, -0.2) is 0 Å². The Hall–Kier alpha value is -0.120. The first-order valence-electron chi connectivity index (χ1n) is 4.28. The number of hydrogen-bond acceptors (Lipinski definition) is 1. The highest BCUT2D eigenvalue weighted by Gasteiger charge is 2.30. The van der Waals surface area contributed by atoms with Gasteiger partial charge in [-0.05, 0) is 12.8 Å². The van der Waals surface area contributed by atoms with E-state index in [1.165, 1.54) is 6.42 Å². The van der Waals surface area contributed by atoms with E-state index in [0.717, 1.165) is 19.3 Å². The molecule has 0 aromatic carbocycles. The Morgan fingerprint density at radius 1 is 1.27 bits per heavy atom. The van der Waals surface area contributed by atoms with Crippen LogP contribution in [-0.2, 0) is 0 Å². The van der Waals surface area contributed by atoms with Crippen LogP contribution in [0.25, 0.3) is 5.84 Å². The summed E-state index contributed by atoms with van der Waals surface area (Å²) >= 11 is 0. The minimum absolute atomic E-state index is 0.128. The van der Waals surface area contributed by atoms with Crippen LogP contribution in [0.4, 0.5) is 0 Å². The van der Waals surface area contributed by atoms with Crippen LogP contribution in [0.15, 0.2) is 0 Å². The van der Waals surface area contributed by atoms with Crippen molar-refractivity contribution in [3.8, 4) is 0 Å². The van der Waals surface area contributed by atoms with E-state index in [2.05, 4.69) is 0 Å². The molecule has 3 heteroatoms. The van der Waals surface area contributed by atoms with Crippen LogP contribution >= 0.6 is 0 Å². The maximum atomic E-state index is 9.57. The van der Waals surface area contributed by atoms with Crippen molar-refractivity contribution in [1.82, 2.24) is 0 Å². The molecule has 2 N–H and O–H groups in total. The van der Waals surface area contributed by atoms with Gasteiger partial charge in [0, 0.05) is 6.42 Å². The fraction of sp³-hybridized carbons (Fsp3) is 1.00. The van der Waals surface area contributed by atoms with Crippen molar-refractivity contribution in [2.24, 2.45) is 0 Å². The molecule has 0 aromatic heterocycles. The summed E-state index contributed by atoms with van der Waals surface area (Å²) in [5, 5.41) is 9.57. The van der Waals surface area contributed by atoms with E-state index >= 15 is 0 Å². The zero-order chi connectivity index (χ0) is 8.48. The Kier molecular flexibility index (Phi) is 2.52. The molecule has 2 atom stereocenters. The molecule has 11 heavy (non-hydrogen) atoms. The van der Waals surface area contributed by atoms with E-state index in [0.29, 0.717) is 0 Å². The van der Waals surface area contributed by atoms with Crippen LogP contribution in [-0.4, -0.2) is 35.9 Å². The molecule has 0 aromatic rings. The maximum Gasteiger partial charge on any atom is 0.106 e. The summed E-state index contributed by atoms with van der Waals surface area (Å²) in [5.74, 6) is 7.73. The molecule has 1 aliphatic carbocycles. The molecule has 3 nitrogen and oxygen atoms in total. The van der Waals surface area contributed by atoms with Crippen molar-refractivity contribution < 1.29 is 9.70 Å². The summed E-state index contributed by atoms with van der Waals surface area (Å²) in [6.07, 6.45) is 3.92. The number of nitrogens with zero attached hydrogens (tertiary/aromatic N) is 1. The quantitative estimate of drug-likeness (QED) is 0.454. The fourth-order valence-corrected chi connectivity index (χ4v) is 1.84. The largest absolute Gasteiger partial charge is 0.468 e. The molecular weight excluding hydrogens is 140 g/mol. The zero-order valence-electron chi connectivity index (χ0n) is 7.38. The lowest BCUT2D eigenvalue weighted by molar-refractivity contribution is -0.872. The number of rotatable bonds is 1. The smallest absolute Gasteiger partial charge is 0.106 e. The number of quaternary nitrogens is 1. The Morgan fingerprint density at radius 3 is 2.18 bits per heavy atom. The van der Waals surface area contributed by atoms with E-state index in [-0.39, 0.29) is 16.7 Å². The average Bonchev–Trinajstić information content (AvgIpc) is 1.86. The monoisotopic (exact) mass is 158 g/mol. The molecule has 1 saturated carbocycles. The molecule has 0 aliphatic heterocycles. The molecule has 1 fully saturated rings. The van der Waals surface area contributed by atoms with Gasteiger partial charge in [0.15, 0.2) is 0 Å². The maximum absolute atomic E-state index is 9.57. The molecule has 0 heterocycles. The van der Waals surface area contributed by atoms with E-state index in [1.54, 1.807) is 0 Å². The molecule has 1 rings (SSSR count). The van der Waals surface area contributed by atoms with Crippen LogP contribution in [0.3, 0.4) is 0 Å². The molecule has 1 aliphatic rings. The van der Waals surface area contributed by atoms with Gasteiger partial charge in [-0.2, -0.15) is 0 Å². The highest BCUT2D eigenvalue weighted by atomic mass is 16.3. The molecule has 0 unspecified atom stereocenters. The first-order valence-corrected chi connectivity index (χ1v) is 4.28. The topological polar surface area (TPSA) is 44.0 Å². The van der Waals surface area contributed by atoms with Crippen molar-refractivity contribution in [3.05, 3.63) is 5.84 Å². The lowest BCUT2D eigenvalue weighted by Crippen LogP contribution is -2.50. The minimum Gasteiger partial charge on any atom is -0.468 e. The highest BCUT2D eigenvalue weighted by molar-refractivity contribution is 4.75. The zero-order valence-corrected chi connectivity index (χ0v) is 7.38. The van der Waals surface area contributed by atoms with Gasteiger partial charge in [-0.1, -0.05) is 6.42 Å². The molecule has 0 amide bonds. The Labute approximate surface area is 68.4 Å². The van der Waals surface area contributed by atoms with Crippen molar-refractivity contribution in [1.29, 1.82) is 0 Å². The van der Waals surface area contributed by atoms with Gasteiger partial charge in [0.25, 0.3) is 0 Å². The number of nitrogens with one attached hydrogen (secondary N) is 1. The number of hydrogen-bond donors (Lipinski definition) is 1. The number of aliphatic hydroxyl groups is 1. The van der Waals surface area contributed by atoms with Crippen molar-refractivity contribution >= 4 is 0 Å². The van der Waals surface area contributed by atoms with E-state index in [4.69, 9.17) is 5.84 Å². The summed E-state index contributed by atoms with van der Waals surface area (Å²) < 4.78 is 0.154. The molecule has 0 bridgehead atoms. The summed E-state index contributed by atoms with van der Waals surface area (Å²) in [6, 6.07) is 0.128. The van der Waals surface area contributed by atoms with E-state index in [9.17, 15) is 5.11 Å². The van der Waals surface area contributed by atoms with Gasteiger partial charge >= 0.3 is 0 Å². The first kappa shape index (κ1) is 8.97. The van der Waals surface area contributed by atoms with Crippen LogP contribution in [0.5, 0.6) is 0 Å². The van der Waals surface area contributed by atoms with Crippen molar-refractivity contribution in [3.63, 3.8) is 0 Å². The third kappa shape index (κ3) is 2.15. The molecular formula is C8H18N2O. The second kappa shape index (κ2) is 3.09. The Morgan fingerprint density at radius 2 is 1.82 bits per heavy atom. The fourth-order valence-electron chi connectivity index (χ4n) is 1.84. The van der Waals surface area contributed by atoms with Gasteiger partial charge in [-0.15, -0.1) is 0 Å². The third-order valence-corrected chi connectivity index (χ3v) is 2.52.